The van der Waals surface area contributed by atoms with Gasteiger partial charge in [0.15, 0.2) is 0 Å². The van der Waals surface area contributed by atoms with Crippen LogP contribution in [0, 0.1) is 13.8 Å². The summed E-state index contributed by atoms with van der Waals surface area (Å²) in [6.07, 6.45) is 0.854. The molecule has 20 heavy (non-hydrogen) atoms. The Bertz CT molecular complexity index is 412. The average molecular weight is 278 g/mol. The summed E-state index contributed by atoms with van der Waals surface area (Å²) in [6, 6.07) is 6.64. The van der Waals surface area contributed by atoms with Gasteiger partial charge in [0.25, 0.3) is 0 Å². The molecule has 0 spiro atoms. The van der Waals surface area contributed by atoms with E-state index in [2.05, 4.69) is 42.7 Å². The van der Waals surface area contributed by atoms with Crippen molar-refractivity contribution in [1.29, 1.82) is 0 Å². The molecule has 1 aromatic rings. The van der Waals surface area contributed by atoms with E-state index in [4.69, 9.17) is 4.74 Å². The summed E-state index contributed by atoms with van der Waals surface area (Å²) in [5.41, 5.74) is 3.79. The first-order valence-electron chi connectivity index (χ1n) is 7.07. The third kappa shape index (κ3) is 6.68. The van der Waals surface area contributed by atoms with Gasteiger partial charge in [0.05, 0.1) is 13.2 Å². The van der Waals surface area contributed by atoms with E-state index >= 15 is 0 Å². The summed E-state index contributed by atoms with van der Waals surface area (Å²) in [5.74, 6) is 0.0259. The summed E-state index contributed by atoms with van der Waals surface area (Å²) in [6.45, 7) is 7.87. The number of aryl methyl sites for hydroxylation is 2. The van der Waals surface area contributed by atoms with Crippen LogP contribution in [-0.2, 0) is 16.0 Å². The predicted octanol–water partition coefficient (Wildman–Crippen LogP) is 1.59. The highest BCUT2D eigenvalue weighted by Crippen LogP contribution is 2.10. The Labute approximate surface area is 121 Å². The number of nitrogens with one attached hydrogen (secondary N) is 2. The summed E-state index contributed by atoms with van der Waals surface area (Å²) in [7, 11) is 1.65. The average Bonchev–Trinajstić information content (AvgIpc) is 2.33. The monoisotopic (exact) mass is 278 g/mol. The van der Waals surface area contributed by atoms with Crippen LogP contribution in [0.15, 0.2) is 18.2 Å². The highest BCUT2D eigenvalue weighted by Gasteiger charge is 2.08. The molecule has 1 amide bonds. The highest BCUT2D eigenvalue weighted by atomic mass is 16.5. The molecule has 1 unspecified atom stereocenters. The second kappa shape index (κ2) is 8.72. The fourth-order valence-corrected chi connectivity index (χ4v) is 2.29. The number of hydrogen-bond acceptors (Lipinski definition) is 3. The number of hydrogen-bond donors (Lipinski definition) is 2. The van der Waals surface area contributed by atoms with Crippen molar-refractivity contribution in [3.63, 3.8) is 0 Å². The molecule has 0 fully saturated rings. The normalized spacial score (nSPS) is 12.2. The van der Waals surface area contributed by atoms with Crippen molar-refractivity contribution in [3.05, 3.63) is 34.9 Å². The fourth-order valence-electron chi connectivity index (χ4n) is 2.29. The Kier molecular flexibility index (Phi) is 7.26. The van der Waals surface area contributed by atoms with Crippen LogP contribution in [-0.4, -0.2) is 38.8 Å². The molecule has 0 aliphatic rings. The van der Waals surface area contributed by atoms with Gasteiger partial charge in [-0.1, -0.05) is 29.3 Å². The SMILES string of the molecule is COCCNCC(=O)NC(C)Cc1cc(C)cc(C)c1. The second-order valence-electron chi connectivity index (χ2n) is 5.34. The topological polar surface area (TPSA) is 50.4 Å². The lowest BCUT2D eigenvalue weighted by molar-refractivity contribution is -0.120. The Hall–Kier alpha value is -1.39. The minimum atomic E-state index is 0.0259. The first kappa shape index (κ1) is 16.7. The molecule has 0 radical (unpaired) electrons. The number of carbonyl (C=O) groups is 1. The fraction of sp³-hybridized carbons (Fsp3) is 0.562. The molecule has 1 aromatic carbocycles. The number of benzene rings is 1. The molecule has 112 valence electrons. The molecule has 4 nitrogen and oxygen atoms in total. The van der Waals surface area contributed by atoms with Crippen LogP contribution < -0.4 is 10.6 Å². The third-order valence-corrected chi connectivity index (χ3v) is 3.00. The van der Waals surface area contributed by atoms with Crippen molar-refractivity contribution in [1.82, 2.24) is 10.6 Å². The van der Waals surface area contributed by atoms with Crippen LogP contribution in [0.3, 0.4) is 0 Å². The minimum absolute atomic E-state index is 0.0259. The Morgan fingerprint density at radius 2 is 1.90 bits per heavy atom. The quantitative estimate of drug-likeness (QED) is 0.710. The standard InChI is InChI=1S/C16H26N2O2/c1-12-7-13(2)9-15(8-12)10-14(3)18-16(19)11-17-5-6-20-4/h7-9,14,17H,5-6,10-11H2,1-4H3,(H,18,19). The van der Waals surface area contributed by atoms with E-state index in [1.165, 1.54) is 16.7 Å². The third-order valence-electron chi connectivity index (χ3n) is 3.00. The molecule has 0 saturated carbocycles. The van der Waals surface area contributed by atoms with Gasteiger partial charge in [-0.25, -0.2) is 0 Å². The minimum Gasteiger partial charge on any atom is -0.383 e. The van der Waals surface area contributed by atoms with Gasteiger partial charge in [0, 0.05) is 19.7 Å². The molecule has 1 atom stereocenters. The maximum absolute atomic E-state index is 11.7. The zero-order valence-electron chi connectivity index (χ0n) is 13.0. The number of rotatable bonds is 8. The number of amides is 1. The lowest BCUT2D eigenvalue weighted by atomic mass is 10.0. The van der Waals surface area contributed by atoms with Crippen LogP contribution in [0.5, 0.6) is 0 Å². The Balaban J connectivity index is 2.35. The molecule has 4 heteroatoms. The number of ether oxygens (including phenoxy) is 1. The molecule has 0 aromatic heterocycles. The van der Waals surface area contributed by atoms with E-state index in [0.29, 0.717) is 19.7 Å². The van der Waals surface area contributed by atoms with Gasteiger partial charge in [-0.05, 0) is 32.8 Å². The zero-order valence-corrected chi connectivity index (χ0v) is 13.0. The largest absolute Gasteiger partial charge is 0.383 e. The lowest BCUT2D eigenvalue weighted by Gasteiger charge is -2.15. The Morgan fingerprint density at radius 1 is 1.25 bits per heavy atom. The molecule has 1 rings (SSSR count). The van der Waals surface area contributed by atoms with Crippen molar-refractivity contribution in [2.75, 3.05) is 26.8 Å². The number of methoxy groups -OCH3 is 1. The van der Waals surface area contributed by atoms with Crippen molar-refractivity contribution >= 4 is 5.91 Å². The van der Waals surface area contributed by atoms with E-state index in [0.717, 1.165) is 6.42 Å². The summed E-state index contributed by atoms with van der Waals surface area (Å²) in [4.78, 5) is 11.7. The molecule has 0 aliphatic heterocycles. The van der Waals surface area contributed by atoms with Crippen molar-refractivity contribution < 1.29 is 9.53 Å². The smallest absolute Gasteiger partial charge is 0.234 e. The molecular formula is C16H26N2O2. The van der Waals surface area contributed by atoms with E-state index in [1.807, 2.05) is 6.92 Å². The summed E-state index contributed by atoms with van der Waals surface area (Å²) < 4.78 is 4.91. The molecule has 0 saturated heterocycles. The molecule has 2 N–H and O–H groups in total. The van der Waals surface area contributed by atoms with Crippen LogP contribution >= 0.6 is 0 Å². The first-order valence-corrected chi connectivity index (χ1v) is 7.07. The van der Waals surface area contributed by atoms with E-state index < -0.39 is 0 Å². The van der Waals surface area contributed by atoms with Gasteiger partial charge in [-0.15, -0.1) is 0 Å². The van der Waals surface area contributed by atoms with Gasteiger partial charge >= 0.3 is 0 Å². The van der Waals surface area contributed by atoms with Crippen molar-refractivity contribution in [2.45, 2.75) is 33.2 Å². The van der Waals surface area contributed by atoms with Crippen LogP contribution in [0.25, 0.3) is 0 Å². The van der Waals surface area contributed by atoms with Gasteiger partial charge in [0.2, 0.25) is 5.91 Å². The molecular weight excluding hydrogens is 252 g/mol. The highest BCUT2D eigenvalue weighted by molar-refractivity contribution is 5.78. The summed E-state index contributed by atoms with van der Waals surface area (Å²) >= 11 is 0. The van der Waals surface area contributed by atoms with Crippen LogP contribution in [0.1, 0.15) is 23.6 Å². The van der Waals surface area contributed by atoms with Gasteiger partial charge in [-0.3, -0.25) is 4.79 Å². The van der Waals surface area contributed by atoms with Gasteiger partial charge in [0.1, 0.15) is 0 Å². The second-order valence-corrected chi connectivity index (χ2v) is 5.34. The predicted molar refractivity (Wildman–Crippen MR) is 82.0 cm³/mol. The van der Waals surface area contributed by atoms with Crippen LogP contribution in [0.4, 0.5) is 0 Å². The molecule has 0 heterocycles. The maximum Gasteiger partial charge on any atom is 0.234 e. The van der Waals surface area contributed by atoms with E-state index in [-0.39, 0.29) is 11.9 Å². The molecule has 0 bridgehead atoms. The van der Waals surface area contributed by atoms with Crippen molar-refractivity contribution in [3.8, 4) is 0 Å². The van der Waals surface area contributed by atoms with Crippen molar-refractivity contribution in [2.24, 2.45) is 0 Å². The summed E-state index contributed by atoms with van der Waals surface area (Å²) in [5, 5.41) is 6.04. The lowest BCUT2D eigenvalue weighted by Crippen LogP contribution is -2.40. The first-order chi connectivity index (χ1) is 9.51. The maximum atomic E-state index is 11.7. The van der Waals surface area contributed by atoms with E-state index in [9.17, 15) is 4.79 Å². The van der Waals surface area contributed by atoms with Gasteiger partial charge in [-0.2, -0.15) is 0 Å². The van der Waals surface area contributed by atoms with E-state index in [1.54, 1.807) is 7.11 Å². The van der Waals surface area contributed by atoms with Crippen LogP contribution in [0.2, 0.25) is 0 Å². The number of carbonyl (C=O) groups excluding carboxylic acids is 1. The zero-order chi connectivity index (χ0) is 15.0. The Morgan fingerprint density at radius 3 is 2.50 bits per heavy atom. The van der Waals surface area contributed by atoms with Gasteiger partial charge < -0.3 is 15.4 Å². The molecule has 0 aliphatic carbocycles.